The average Bonchev–Trinajstić information content (AvgIpc) is 2.54. The molecule has 0 saturated heterocycles. The lowest BCUT2D eigenvalue weighted by Crippen LogP contribution is -2.37. The fraction of sp³-hybridized carbons (Fsp3) is 0.368. The topological polar surface area (TPSA) is 82.3 Å². The summed E-state index contributed by atoms with van der Waals surface area (Å²) >= 11 is 6.05. The van der Waals surface area contributed by atoms with Gasteiger partial charge >= 0.3 is 0 Å². The van der Waals surface area contributed by atoms with Gasteiger partial charge in [-0.15, -0.1) is 0 Å². The molecule has 1 aromatic heterocycles. The van der Waals surface area contributed by atoms with Gasteiger partial charge in [0.2, 0.25) is 5.88 Å². The molecule has 0 atom stereocenters. The first-order valence-corrected chi connectivity index (χ1v) is 12.3. The summed E-state index contributed by atoms with van der Waals surface area (Å²) in [4.78, 5) is 8.46. The lowest BCUT2D eigenvalue weighted by molar-refractivity contribution is 0.164. The minimum Gasteiger partial charge on any atom is -0.437 e. The van der Waals surface area contributed by atoms with Crippen molar-refractivity contribution >= 4 is 31.3 Å². The lowest BCUT2D eigenvalue weighted by Gasteiger charge is -2.28. The molecule has 27 heavy (non-hydrogen) atoms. The number of nitrogens with zero attached hydrogens (tertiary/aromatic N) is 2. The maximum Gasteiger partial charge on any atom is 0.247 e. The minimum atomic E-state index is -1.72. The first kappa shape index (κ1) is 21.0. The van der Waals surface area contributed by atoms with Crippen molar-refractivity contribution in [2.45, 2.75) is 39.1 Å². The van der Waals surface area contributed by atoms with Crippen LogP contribution in [0.4, 0.5) is 11.4 Å². The van der Waals surface area contributed by atoms with Gasteiger partial charge in [-0.05, 0) is 51.5 Å². The van der Waals surface area contributed by atoms with Crippen molar-refractivity contribution in [3.8, 4) is 23.5 Å². The number of benzene rings is 1. The maximum atomic E-state index is 6.11. The SMILES string of the molecule is CNc1c(C#CC(C)(C)O[Si](C)(C)C)ncnc1Oc1ccc(N)c(Cl)c1. The third-order valence-electron chi connectivity index (χ3n) is 3.29. The Morgan fingerprint density at radius 1 is 1.22 bits per heavy atom. The largest absolute Gasteiger partial charge is 0.437 e. The van der Waals surface area contributed by atoms with Crippen LogP contribution in [-0.4, -0.2) is 30.9 Å². The zero-order chi connectivity index (χ0) is 20.2. The standard InChI is InChI=1S/C19H25ClN4O2Si/c1-19(2,26-27(4,5)6)10-9-16-17(22-3)18(24-12-23-16)25-13-7-8-15(21)14(20)11-13/h7-8,11-12,22H,21H2,1-6H3. The van der Waals surface area contributed by atoms with Crippen molar-refractivity contribution in [1.82, 2.24) is 9.97 Å². The monoisotopic (exact) mass is 404 g/mol. The molecule has 2 aromatic rings. The highest BCUT2D eigenvalue weighted by Gasteiger charge is 2.25. The van der Waals surface area contributed by atoms with Gasteiger partial charge < -0.3 is 20.2 Å². The molecular formula is C19H25ClN4O2Si. The molecule has 0 aliphatic heterocycles. The first-order chi connectivity index (χ1) is 12.5. The zero-order valence-corrected chi connectivity index (χ0v) is 18.2. The number of rotatable bonds is 5. The highest BCUT2D eigenvalue weighted by atomic mass is 35.5. The molecule has 6 nitrogen and oxygen atoms in total. The Morgan fingerprint density at radius 3 is 2.52 bits per heavy atom. The maximum absolute atomic E-state index is 6.11. The quantitative estimate of drug-likeness (QED) is 0.433. The van der Waals surface area contributed by atoms with Crippen LogP contribution in [0.1, 0.15) is 19.5 Å². The molecule has 0 unspecified atom stereocenters. The van der Waals surface area contributed by atoms with Crippen molar-refractivity contribution in [1.29, 1.82) is 0 Å². The van der Waals surface area contributed by atoms with Gasteiger partial charge in [0.1, 0.15) is 29.1 Å². The Bertz CT molecular complexity index is 885. The van der Waals surface area contributed by atoms with Gasteiger partial charge in [-0.25, -0.2) is 4.98 Å². The summed E-state index contributed by atoms with van der Waals surface area (Å²) in [7, 11) is 0.0373. The van der Waals surface area contributed by atoms with Gasteiger partial charge in [0.05, 0.1) is 10.7 Å². The highest BCUT2D eigenvalue weighted by molar-refractivity contribution is 6.69. The molecule has 0 aliphatic rings. The summed E-state index contributed by atoms with van der Waals surface area (Å²) in [5, 5.41) is 3.47. The summed E-state index contributed by atoms with van der Waals surface area (Å²) in [6.07, 6.45) is 1.41. The molecule has 144 valence electrons. The molecular weight excluding hydrogens is 380 g/mol. The van der Waals surface area contributed by atoms with E-state index in [4.69, 9.17) is 26.5 Å². The second kappa shape index (κ2) is 8.17. The van der Waals surface area contributed by atoms with Crippen LogP contribution in [0, 0.1) is 11.8 Å². The summed E-state index contributed by atoms with van der Waals surface area (Å²) < 4.78 is 12.0. The van der Waals surface area contributed by atoms with Crippen molar-refractivity contribution in [2.24, 2.45) is 0 Å². The van der Waals surface area contributed by atoms with Crippen LogP contribution in [-0.2, 0) is 4.43 Å². The van der Waals surface area contributed by atoms with Crippen molar-refractivity contribution in [3.05, 3.63) is 35.2 Å². The van der Waals surface area contributed by atoms with Crippen molar-refractivity contribution in [3.63, 3.8) is 0 Å². The molecule has 0 aliphatic carbocycles. The Kier molecular flexibility index (Phi) is 6.37. The van der Waals surface area contributed by atoms with Crippen LogP contribution in [0.15, 0.2) is 24.5 Å². The molecule has 0 saturated carbocycles. The number of hydrogen-bond donors (Lipinski definition) is 2. The molecule has 1 aromatic carbocycles. The summed E-state index contributed by atoms with van der Waals surface area (Å²) in [5.41, 5.74) is 6.75. The molecule has 0 spiro atoms. The third kappa shape index (κ3) is 6.14. The predicted octanol–water partition coefficient (Wildman–Crippen LogP) is 4.53. The Hall–Kier alpha value is -2.27. The van der Waals surface area contributed by atoms with E-state index in [1.807, 2.05) is 13.8 Å². The van der Waals surface area contributed by atoms with Gasteiger partial charge in [-0.1, -0.05) is 17.5 Å². The average molecular weight is 405 g/mol. The summed E-state index contributed by atoms with van der Waals surface area (Å²) in [6.45, 7) is 10.3. The molecule has 8 heteroatoms. The molecule has 1 heterocycles. The van der Waals surface area contributed by atoms with Crippen molar-refractivity contribution < 1.29 is 9.16 Å². The number of anilines is 2. The van der Waals surface area contributed by atoms with Crippen LogP contribution in [0.3, 0.4) is 0 Å². The van der Waals surface area contributed by atoms with E-state index in [2.05, 4.69) is 46.8 Å². The predicted molar refractivity (Wildman–Crippen MR) is 113 cm³/mol. The first-order valence-electron chi connectivity index (χ1n) is 8.50. The second-order valence-corrected chi connectivity index (χ2v) is 12.2. The van der Waals surface area contributed by atoms with E-state index >= 15 is 0 Å². The zero-order valence-electron chi connectivity index (χ0n) is 16.5. The van der Waals surface area contributed by atoms with Gasteiger partial charge in [-0.3, -0.25) is 0 Å². The summed E-state index contributed by atoms with van der Waals surface area (Å²) in [5.74, 6) is 7.10. The third-order valence-corrected chi connectivity index (χ3v) is 4.74. The van der Waals surface area contributed by atoms with E-state index < -0.39 is 13.9 Å². The van der Waals surface area contributed by atoms with Crippen LogP contribution >= 0.6 is 11.6 Å². The van der Waals surface area contributed by atoms with Crippen LogP contribution in [0.5, 0.6) is 11.6 Å². The van der Waals surface area contributed by atoms with Gasteiger partial charge in [-0.2, -0.15) is 4.98 Å². The normalized spacial score (nSPS) is 11.5. The molecule has 2 rings (SSSR count). The fourth-order valence-corrected chi connectivity index (χ4v) is 4.20. The number of nitrogen functional groups attached to an aromatic ring is 1. The van der Waals surface area contributed by atoms with Crippen LogP contribution in [0.25, 0.3) is 0 Å². The number of halogens is 1. The highest BCUT2D eigenvalue weighted by Crippen LogP contribution is 2.31. The van der Waals surface area contributed by atoms with E-state index in [1.165, 1.54) is 6.33 Å². The Balaban J connectivity index is 2.34. The Morgan fingerprint density at radius 2 is 1.93 bits per heavy atom. The molecule has 0 bridgehead atoms. The van der Waals surface area contributed by atoms with E-state index in [-0.39, 0.29) is 0 Å². The number of nitrogens with two attached hydrogens (primary N) is 1. The fourth-order valence-electron chi connectivity index (χ4n) is 2.45. The molecule has 3 N–H and O–H groups in total. The Labute approximate surface area is 166 Å². The van der Waals surface area contributed by atoms with Crippen molar-refractivity contribution in [2.75, 3.05) is 18.1 Å². The number of hydrogen-bond acceptors (Lipinski definition) is 6. The molecule has 0 radical (unpaired) electrons. The smallest absolute Gasteiger partial charge is 0.247 e. The van der Waals surface area contributed by atoms with Crippen LogP contribution in [0.2, 0.25) is 24.7 Å². The van der Waals surface area contributed by atoms with E-state index in [0.29, 0.717) is 33.7 Å². The van der Waals surface area contributed by atoms with E-state index in [1.54, 1.807) is 25.2 Å². The molecule has 0 fully saturated rings. The lowest BCUT2D eigenvalue weighted by atomic mass is 10.1. The van der Waals surface area contributed by atoms with E-state index in [0.717, 1.165) is 0 Å². The van der Waals surface area contributed by atoms with Gasteiger partial charge in [0.25, 0.3) is 0 Å². The number of nitrogens with one attached hydrogen (secondary N) is 1. The molecule has 0 amide bonds. The van der Waals surface area contributed by atoms with Gasteiger partial charge in [0.15, 0.2) is 8.32 Å². The minimum absolute atomic E-state index is 0.349. The van der Waals surface area contributed by atoms with Gasteiger partial charge in [0, 0.05) is 13.1 Å². The second-order valence-electron chi connectivity index (χ2n) is 7.41. The van der Waals surface area contributed by atoms with Crippen LogP contribution < -0.4 is 15.8 Å². The summed E-state index contributed by atoms with van der Waals surface area (Å²) in [6, 6.07) is 5.03. The van der Waals surface area contributed by atoms with E-state index in [9.17, 15) is 0 Å². The number of ether oxygens (including phenoxy) is 1. The number of aromatic nitrogens is 2.